The average Bonchev–Trinajstić information content (AvgIpc) is 3.19. The van der Waals surface area contributed by atoms with E-state index in [1.807, 2.05) is 0 Å². The van der Waals surface area contributed by atoms with Gasteiger partial charge in [0.05, 0.1) is 6.16 Å². The van der Waals surface area contributed by atoms with Gasteiger partial charge < -0.3 is 8.85 Å². The van der Waals surface area contributed by atoms with Gasteiger partial charge in [0.15, 0.2) is 8.32 Å². The lowest BCUT2D eigenvalue weighted by Gasteiger charge is -2.44. The molecular formula is C47H62O2PSi2+. The zero-order chi connectivity index (χ0) is 37.1. The van der Waals surface area contributed by atoms with Crippen molar-refractivity contribution in [2.75, 3.05) is 12.8 Å². The van der Waals surface area contributed by atoms with Crippen molar-refractivity contribution in [1.29, 1.82) is 0 Å². The van der Waals surface area contributed by atoms with Gasteiger partial charge in [-0.2, -0.15) is 0 Å². The second-order valence-electron chi connectivity index (χ2n) is 15.5. The summed E-state index contributed by atoms with van der Waals surface area (Å²) in [5, 5.41) is 6.96. The van der Waals surface area contributed by atoms with Crippen molar-refractivity contribution >= 4 is 50.2 Å². The smallest absolute Gasteiger partial charge is 0.261 e. The highest BCUT2D eigenvalue weighted by atomic mass is 31.2. The Morgan fingerprint density at radius 3 is 1.27 bits per heavy atom. The van der Waals surface area contributed by atoms with Crippen LogP contribution in [0.4, 0.5) is 0 Å². The van der Waals surface area contributed by atoms with Gasteiger partial charge in [0, 0.05) is 18.6 Å². The fourth-order valence-corrected chi connectivity index (χ4v) is 20.3. The van der Waals surface area contributed by atoms with Gasteiger partial charge in [0.1, 0.15) is 23.2 Å². The Bertz CT molecular complexity index is 1600. The predicted octanol–water partition coefficient (Wildman–Crippen LogP) is 10.4. The zero-order valence-corrected chi connectivity index (χ0v) is 35.7. The van der Waals surface area contributed by atoms with Crippen LogP contribution in [0.5, 0.6) is 0 Å². The van der Waals surface area contributed by atoms with Crippen molar-refractivity contribution in [2.45, 2.75) is 90.6 Å². The van der Waals surface area contributed by atoms with Crippen LogP contribution in [0, 0.1) is 5.92 Å². The molecule has 52 heavy (non-hydrogen) atoms. The highest BCUT2D eigenvalue weighted by Gasteiger charge is 2.51. The third-order valence-corrected chi connectivity index (χ3v) is 25.7. The molecule has 5 aromatic carbocycles. The molecule has 274 valence electrons. The lowest BCUT2D eigenvalue weighted by atomic mass is 10.0. The molecule has 0 amide bonds. The van der Waals surface area contributed by atoms with Gasteiger partial charge in [-0.25, -0.2) is 0 Å². The topological polar surface area (TPSA) is 18.5 Å². The molecule has 0 bridgehead atoms. The van der Waals surface area contributed by atoms with E-state index in [9.17, 15) is 0 Å². The lowest BCUT2D eigenvalue weighted by molar-refractivity contribution is 0.0848. The predicted molar refractivity (Wildman–Crippen MR) is 234 cm³/mol. The number of benzene rings is 5. The molecule has 5 heteroatoms. The summed E-state index contributed by atoms with van der Waals surface area (Å²) < 4.78 is 15.1. The Morgan fingerprint density at radius 1 is 0.558 bits per heavy atom. The van der Waals surface area contributed by atoms with Crippen LogP contribution in [0.15, 0.2) is 152 Å². The number of rotatable bonds is 18. The summed E-state index contributed by atoms with van der Waals surface area (Å²) in [6.45, 7) is 17.3. The van der Waals surface area contributed by atoms with E-state index in [0.717, 1.165) is 37.1 Å². The minimum atomic E-state index is -2.67. The maximum absolute atomic E-state index is 7.56. The van der Waals surface area contributed by atoms with Gasteiger partial charge in [0.2, 0.25) is 0 Å². The SMILES string of the molecule is CC[Si](CC)(CC)O[C@H](CCC[P+](c1ccccc1)(c1ccccc1)c1ccccc1)[C@@H](C)CO[Si](c1ccccc1)(c1ccccc1)C(C)(C)C. The van der Waals surface area contributed by atoms with Gasteiger partial charge in [-0.05, 0) is 82.8 Å². The highest BCUT2D eigenvalue weighted by Crippen LogP contribution is 2.56. The molecule has 0 heterocycles. The first kappa shape index (κ1) is 40.1. The first-order valence-electron chi connectivity index (χ1n) is 19.6. The zero-order valence-electron chi connectivity index (χ0n) is 32.8. The van der Waals surface area contributed by atoms with E-state index in [1.165, 1.54) is 26.3 Å². The molecule has 0 aliphatic rings. The van der Waals surface area contributed by atoms with Crippen LogP contribution in [0.1, 0.15) is 61.3 Å². The summed E-state index contributed by atoms with van der Waals surface area (Å²) in [5.74, 6) is 0.246. The number of hydrogen-bond acceptors (Lipinski definition) is 2. The molecule has 0 aromatic heterocycles. The minimum Gasteiger partial charge on any atom is -0.414 e. The molecule has 2 nitrogen and oxygen atoms in total. The summed E-state index contributed by atoms with van der Waals surface area (Å²) in [7, 11) is -6.50. The number of hydrogen-bond donors (Lipinski definition) is 0. The molecule has 0 fully saturated rings. The second-order valence-corrected chi connectivity index (χ2v) is 28.2. The molecule has 0 saturated heterocycles. The normalized spacial score (nSPS) is 13.8. The highest BCUT2D eigenvalue weighted by molar-refractivity contribution is 7.95. The van der Waals surface area contributed by atoms with E-state index >= 15 is 0 Å². The third-order valence-electron chi connectivity index (χ3n) is 11.5. The fourth-order valence-electron chi connectivity index (χ4n) is 8.32. The van der Waals surface area contributed by atoms with Gasteiger partial charge in [0.25, 0.3) is 8.32 Å². The Balaban J connectivity index is 1.51. The van der Waals surface area contributed by atoms with E-state index < -0.39 is 23.9 Å². The summed E-state index contributed by atoms with van der Waals surface area (Å²) in [6, 6.07) is 59.5. The first-order chi connectivity index (χ1) is 25.2. The molecule has 0 unspecified atom stereocenters. The van der Waals surface area contributed by atoms with E-state index in [2.05, 4.69) is 200 Å². The molecule has 0 saturated carbocycles. The molecule has 0 aliphatic heterocycles. The van der Waals surface area contributed by atoms with Crippen molar-refractivity contribution in [1.82, 2.24) is 0 Å². The van der Waals surface area contributed by atoms with E-state index in [1.54, 1.807) is 0 Å². The fraction of sp³-hybridized carbons (Fsp3) is 0.362. The monoisotopic (exact) mass is 745 g/mol. The quantitative estimate of drug-likeness (QED) is 0.0657. The van der Waals surface area contributed by atoms with Crippen LogP contribution >= 0.6 is 7.26 Å². The van der Waals surface area contributed by atoms with Crippen molar-refractivity contribution in [3.05, 3.63) is 152 Å². The van der Waals surface area contributed by atoms with Crippen LogP contribution in [-0.2, 0) is 8.85 Å². The molecule has 5 rings (SSSR count). The van der Waals surface area contributed by atoms with Gasteiger partial charge in [-0.3, -0.25) is 0 Å². The van der Waals surface area contributed by atoms with E-state index in [0.29, 0.717) is 6.61 Å². The Labute approximate surface area is 318 Å². The third kappa shape index (κ3) is 8.64. The van der Waals surface area contributed by atoms with Crippen LogP contribution < -0.4 is 26.3 Å². The van der Waals surface area contributed by atoms with Crippen LogP contribution in [0.25, 0.3) is 0 Å². The van der Waals surface area contributed by atoms with Crippen molar-refractivity contribution in [2.24, 2.45) is 5.92 Å². The Hall–Kier alpha value is -3.12. The first-order valence-corrected chi connectivity index (χ1v) is 26.0. The van der Waals surface area contributed by atoms with Crippen LogP contribution in [-0.4, -0.2) is 35.5 Å². The van der Waals surface area contributed by atoms with Gasteiger partial charge in [-0.1, -0.05) is 164 Å². The molecule has 0 aliphatic carbocycles. The van der Waals surface area contributed by atoms with Gasteiger partial charge >= 0.3 is 0 Å². The molecule has 0 spiro atoms. The molecule has 2 atom stereocenters. The summed E-state index contributed by atoms with van der Waals surface area (Å²) in [5.41, 5.74) is 0. The van der Waals surface area contributed by atoms with E-state index in [4.69, 9.17) is 8.85 Å². The summed E-state index contributed by atoms with van der Waals surface area (Å²) in [6.07, 6.45) is 3.34. The molecule has 5 aromatic rings. The maximum atomic E-state index is 7.56. The second kappa shape index (κ2) is 18.3. The van der Waals surface area contributed by atoms with Crippen LogP contribution in [0.3, 0.4) is 0 Å². The summed E-state index contributed by atoms with van der Waals surface area (Å²) in [4.78, 5) is 0. The van der Waals surface area contributed by atoms with Crippen molar-refractivity contribution < 1.29 is 8.85 Å². The standard InChI is InChI=1S/C47H62O2PSi2/c1-8-51(9-2,10-3)49-46(40(4)39-48-52(47(5,6)7,44-33-22-14-23-34-44)45-35-24-15-25-36-45)37-26-38-50(41-27-16-11-17-28-41,42-29-18-12-19-30-42)43-31-20-13-21-32-43/h11-25,27-36,40,46H,8-10,26,37-39H2,1-7H3/q+1/t40-,46+/m0/s1. The van der Waals surface area contributed by atoms with Gasteiger partial charge in [-0.15, -0.1) is 0 Å². The Kier molecular flexibility index (Phi) is 14.1. The molecule has 0 radical (unpaired) electrons. The van der Waals surface area contributed by atoms with E-state index in [-0.39, 0.29) is 17.1 Å². The Morgan fingerprint density at radius 2 is 0.923 bits per heavy atom. The van der Waals surface area contributed by atoms with Crippen molar-refractivity contribution in [3.63, 3.8) is 0 Å². The van der Waals surface area contributed by atoms with Crippen LogP contribution in [0.2, 0.25) is 23.2 Å². The maximum Gasteiger partial charge on any atom is 0.261 e. The summed E-state index contributed by atoms with van der Waals surface area (Å²) >= 11 is 0. The molecular weight excluding hydrogens is 684 g/mol. The average molecular weight is 746 g/mol. The van der Waals surface area contributed by atoms with Crippen molar-refractivity contribution in [3.8, 4) is 0 Å². The minimum absolute atomic E-state index is 0.0638. The largest absolute Gasteiger partial charge is 0.414 e. The molecule has 0 N–H and O–H groups in total. The lowest BCUT2D eigenvalue weighted by Crippen LogP contribution is -2.67.